The highest BCUT2D eigenvalue weighted by Gasteiger charge is 2.16. The van der Waals surface area contributed by atoms with Crippen molar-refractivity contribution < 1.29 is 0 Å². The highest BCUT2D eigenvalue weighted by atomic mass is 79.9. The highest BCUT2D eigenvalue weighted by Crippen LogP contribution is 2.25. The minimum atomic E-state index is 0.913. The van der Waals surface area contributed by atoms with E-state index in [1.165, 1.54) is 31.2 Å². The number of nitrogens with zero attached hydrogens (tertiary/aromatic N) is 2. The summed E-state index contributed by atoms with van der Waals surface area (Å²) in [5.74, 6) is 2.05. The van der Waals surface area contributed by atoms with Crippen LogP contribution in [0, 0.1) is 12.8 Å². The molecule has 1 aliphatic heterocycles. The second-order valence-electron chi connectivity index (χ2n) is 4.98. The van der Waals surface area contributed by atoms with Gasteiger partial charge in [-0.2, -0.15) is 0 Å². The van der Waals surface area contributed by atoms with Gasteiger partial charge in [0.2, 0.25) is 0 Å². The molecule has 1 unspecified atom stereocenters. The van der Waals surface area contributed by atoms with E-state index in [0.29, 0.717) is 0 Å². The quantitative estimate of drug-likeness (QED) is 0.814. The lowest BCUT2D eigenvalue weighted by atomic mass is 9.98. The van der Waals surface area contributed by atoms with Crippen LogP contribution < -0.4 is 4.90 Å². The molecule has 1 saturated heterocycles. The molecule has 2 heterocycles. The van der Waals surface area contributed by atoms with Gasteiger partial charge in [0.15, 0.2) is 0 Å². The first-order valence-corrected chi connectivity index (χ1v) is 7.37. The molecule has 17 heavy (non-hydrogen) atoms. The summed E-state index contributed by atoms with van der Waals surface area (Å²) in [6.45, 7) is 6.75. The minimum Gasteiger partial charge on any atom is -0.357 e. The maximum Gasteiger partial charge on any atom is 0.128 e. The van der Waals surface area contributed by atoms with Gasteiger partial charge in [0, 0.05) is 23.8 Å². The molecule has 2 rings (SSSR count). The Labute approximate surface area is 113 Å². The molecule has 0 N–H and O–H groups in total. The van der Waals surface area contributed by atoms with Crippen molar-refractivity contribution in [2.24, 2.45) is 5.92 Å². The first-order chi connectivity index (χ1) is 8.20. The fourth-order valence-corrected chi connectivity index (χ4v) is 2.72. The minimum absolute atomic E-state index is 0.913. The smallest absolute Gasteiger partial charge is 0.128 e. The summed E-state index contributed by atoms with van der Waals surface area (Å²) < 4.78 is 1.10. The van der Waals surface area contributed by atoms with Crippen LogP contribution in [-0.4, -0.2) is 18.1 Å². The zero-order chi connectivity index (χ0) is 12.3. The van der Waals surface area contributed by atoms with Crippen molar-refractivity contribution >= 4 is 21.7 Å². The first kappa shape index (κ1) is 12.9. The maximum atomic E-state index is 4.53. The molecule has 0 aromatic carbocycles. The van der Waals surface area contributed by atoms with E-state index < -0.39 is 0 Å². The maximum absolute atomic E-state index is 4.53. The normalized spacial score (nSPS) is 21.4. The van der Waals surface area contributed by atoms with Crippen LogP contribution in [0.25, 0.3) is 0 Å². The second kappa shape index (κ2) is 5.85. The van der Waals surface area contributed by atoms with Crippen molar-refractivity contribution in [3.8, 4) is 0 Å². The van der Waals surface area contributed by atoms with Gasteiger partial charge in [-0.05, 0) is 59.7 Å². The van der Waals surface area contributed by atoms with Crippen LogP contribution in [0.5, 0.6) is 0 Å². The summed E-state index contributed by atoms with van der Waals surface area (Å²) in [5.41, 5.74) is 1.27. The molecule has 0 bridgehead atoms. The third kappa shape index (κ3) is 3.21. The number of hydrogen-bond acceptors (Lipinski definition) is 2. The van der Waals surface area contributed by atoms with Crippen molar-refractivity contribution in [2.75, 3.05) is 18.0 Å². The summed E-state index contributed by atoms with van der Waals surface area (Å²) in [6, 6.07) is 2.19. The van der Waals surface area contributed by atoms with Gasteiger partial charge in [0.1, 0.15) is 5.82 Å². The van der Waals surface area contributed by atoms with E-state index in [9.17, 15) is 0 Å². The summed E-state index contributed by atoms with van der Waals surface area (Å²) in [4.78, 5) is 6.97. The molecule has 0 spiro atoms. The van der Waals surface area contributed by atoms with Crippen LogP contribution in [-0.2, 0) is 0 Å². The SMILES string of the molecule is CCC1CCCN(c2cc(C)c(Br)cn2)CC1. The summed E-state index contributed by atoms with van der Waals surface area (Å²) in [7, 11) is 0. The molecule has 1 aliphatic rings. The van der Waals surface area contributed by atoms with E-state index in [0.717, 1.165) is 29.3 Å². The molecule has 1 aromatic heterocycles. The second-order valence-corrected chi connectivity index (χ2v) is 5.84. The Morgan fingerprint density at radius 1 is 1.41 bits per heavy atom. The Morgan fingerprint density at radius 2 is 2.24 bits per heavy atom. The van der Waals surface area contributed by atoms with Crippen molar-refractivity contribution in [3.63, 3.8) is 0 Å². The predicted octanol–water partition coefficient (Wildman–Crippen LogP) is 4.17. The van der Waals surface area contributed by atoms with Gasteiger partial charge in [0.05, 0.1) is 0 Å². The average Bonchev–Trinajstić information content (AvgIpc) is 2.58. The van der Waals surface area contributed by atoms with Crippen LogP contribution in [0.4, 0.5) is 5.82 Å². The predicted molar refractivity (Wildman–Crippen MR) is 76.5 cm³/mol. The van der Waals surface area contributed by atoms with Gasteiger partial charge in [-0.3, -0.25) is 0 Å². The summed E-state index contributed by atoms with van der Waals surface area (Å²) in [6.07, 6.45) is 7.23. The van der Waals surface area contributed by atoms with Gasteiger partial charge >= 0.3 is 0 Å². The topological polar surface area (TPSA) is 16.1 Å². The monoisotopic (exact) mass is 296 g/mol. The molecule has 1 fully saturated rings. The Hall–Kier alpha value is -0.570. The zero-order valence-electron chi connectivity index (χ0n) is 10.7. The molecule has 2 nitrogen and oxygen atoms in total. The average molecular weight is 297 g/mol. The van der Waals surface area contributed by atoms with E-state index in [-0.39, 0.29) is 0 Å². The number of hydrogen-bond donors (Lipinski definition) is 0. The lowest BCUT2D eigenvalue weighted by Crippen LogP contribution is -2.25. The van der Waals surface area contributed by atoms with E-state index >= 15 is 0 Å². The molecular formula is C14H21BrN2. The first-order valence-electron chi connectivity index (χ1n) is 6.57. The van der Waals surface area contributed by atoms with Crippen molar-refractivity contribution in [3.05, 3.63) is 22.3 Å². The van der Waals surface area contributed by atoms with Gasteiger partial charge in [-0.1, -0.05) is 13.3 Å². The van der Waals surface area contributed by atoms with Gasteiger partial charge in [-0.15, -0.1) is 0 Å². The van der Waals surface area contributed by atoms with Gasteiger partial charge < -0.3 is 4.90 Å². The zero-order valence-corrected chi connectivity index (χ0v) is 12.3. The lowest BCUT2D eigenvalue weighted by Gasteiger charge is -2.22. The molecular weight excluding hydrogens is 276 g/mol. The van der Waals surface area contributed by atoms with E-state index in [2.05, 4.69) is 45.7 Å². The molecule has 94 valence electrons. The molecule has 0 saturated carbocycles. The largest absolute Gasteiger partial charge is 0.357 e. The number of pyridine rings is 1. The van der Waals surface area contributed by atoms with E-state index in [4.69, 9.17) is 0 Å². The third-order valence-corrected chi connectivity index (χ3v) is 4.61. The molecule has 0 aliphatic carbocycles. The fourth-order valence-electron chi connectivity index (χ4n) is 2.50. The van der Waals surface area contributed by atoms with Crippen LogP contribution >= 0.6 is 15.9 Å². The van der Waals surface area contributed by atoms with Gasteiger partial charge in [0.25, 0.3) is 0 Å². The van der Waals surface area contributed by atoms with Crippen LogP contribution in [0.2, 0.25) is 0 Å². The van der Waals surface area contributed by atoms with Crippen LogP contribution in [0.1, 0.15) is 38.2 Å². The number of aromatic nitrogens is 1. The number of halogens is 1. The highest BCUT2D eigenvalue weighted by molar-refractivity contribution is 9.10. The number of rotatable bonds is 2. The molecule has 3 heteroatoms. The van der Waals surface area contributed by atoms with Crippen LogP contribution in [0.15, 0.2) is 16.7 Å². The molecule has 1 atom stereocenters. The van der Waals surface area contributed by atoms with Gasteiger partial charge in [-0.25, -0.2) is 4.98 Å². The van der Waals surface area contributed by atoms with E-state index in [1.54, 1.807) is 0 Å². The fraction of sp³-hybridized carbons (Fsp3) is 0.643. The number of anilines is 1. The molecule has 1 aromatic rings. The summed E-state index contributed by atoms with van der Waals surface area (Å²) in [5, 5.41) is 0. The van der Waals surface area contributed by atoms with E-state index in [1.807, 2.05) is 6.20 Å². The van der Waals surface area contributed by atoms with Crippen molar-refractivity contribution in [2.45, 2.75) is 39.5 Å². The number of aryl methyl sites for hydroxylation is 1. The Morgan fingerprint density at radius 3 is 2.94 bits per heavy atom. The Balaban J connectivity index is 2.08. The lowest BCUT2D eigenvalue weighted by molar-refractivity contribution is 0.459. The Bertz CT molecular complexity index is 378. The summed E-state index contributed by atoms with van der Waals surface area (Å²) >= 11 is 3.51. The third-order valence-electron chi connectivity index (χ3n) is 3.78. The molecule has 0 radical (unpaired) electrons. The Kier molecular flexibility index (Phi) is 4.43. The van der Waals surface area contributed by atoms with Crippen molar-refractivity contribution in [1.82, 2.24) is 4.98 Å². The van der Waals surface area contributed by atoms with Crippen LogP contribution in [0.3, 0.4) is 0 Å². The molecule has 0 amide bonds. The standard InChI is InChI=1S/C14H21BrN2/c1-3-12-5-4-7-17(8-6-12)14-9-11(2)13(15)10-16-14/h9-10,12H,3-8H2,1-2H3. The van der Waals surface area contributed by atoms with Crippen molar-refractivity contribution in [1.29, 1.82) is 0 Å².